The minimum Gasteiger partial charge on any atom is -0.393 e. The Hall–Kier alpha value is -1.95. The molecule has 21 heavy (non-hydrogen) atoms. The van der Waals surface area contributed by atoms with E-state index in [4.69, 9.17) is 18.0 Å². The maximum atomic E-state index is 12.3. The van der Waals surface area contributed by atoms with Crippen LogP contribution in [-0.4, -0.2) is 29.4 Å². The minimum atomic E-state index is -0.600. The number of hydrogen-bond acceptors (Lipinski definition) is 3. The maximum Gasteiger partial charge on any atom is 0.242 e. The first kappa shape index (κ1) is 15.4. The van der Waals surface area contributed by atoms with Gasteiger partial charge < -0.3 is 16.4 Å². The summed E-state index contributed by atoms with van der Waals surface area (Å²) in [4.78, 5) is 24.2. The molecule has 0 spiro atoms. The monoisotopic (exact) mass is 305 g/mol. The van der Waals surface area contributed by atoms with Gasteiger partial charge in [-0.15, -0.1) is 0 Å². The molecule has 2 rings (SSSR count). The average Bonchev–Trinajstić information content (AvgIpc) is 2.48. The molecule has 0 saturated carbocycles. The Balaban J connectivity index is 2.02. The van der Waals surface area contributed by atoms with Crippen LogP contribution in [0.25, 0.3) is 0 Å². The van der Waals surface area contributed by atoms with Gasteiger partial charge in [0.15, 0.2) is 0 Å². The summed E-state index contributed by atoms with van der Waals surface area (Å²) in [7, 11) is 0. The van der Waals surface area contributed by atoms with Gasteiger partial charge in [0.1, 0.15) is 6.04 Å². The number of carbonyl (C=O) groups excluding carboxylic acids is 2. The Morgan fingerprint density at radius 3 is 2.76 bits per heavy atom. The lowest BCUT2D eigenvalue weighted by Crippen LogP contribution is -2.53. The van der Waals surface area contributed by atoms with E-state index in [-0.39, 0.29) is 16.8 Å². The molecule has 0 bridgehead atoms. The average molecular weight is 305 g/mol. The van der Waals surface area contributed by atoms with Crippen molar-refractivity contribution in [2.45, 2.75) is 25.3 Å². The summed E-state index contributed by atoms with van der Waals surface area (Å²) in [5.41, 5.74) is 6.68. The van der Waals surface area contributed by atoms with Crippen molar-refractivity contribution in [1.82, 2.24) is 10.6 Å². The van der Waals surface area contributed by atoms with Gasteiger partial charge in [0.2, 0.25) is 11.8 Å². The number of rotatable bonds is 5. The van der Waals surface area contributed by atoms with E-state index in [9.17, 15) is 9.59 Å². The number of benzene rings is 1. The van der Waals surface area contributed by atoms with Crippen LogP contribution in [0.15, 0.2) is 30.3 Å². The number of nitrogens with one attached hydrogen (secondary N) is 2. The second kappa shape index (κ2) is 7.17. The molecule has 1 saturated heterocycles. The smallest absolute Gasteiger partial charge is 0.242 e. The fraction of sp³-hybridized carbons (Fsp3) is 0.400. The van der Waals surface area contributed by atoms with Gasteiger partial charge >= 0.3 is 0 Å². The number of carbonyl (C=O) groups is 2. The second-order valence-corrected chi connectivity index (χ2v) is 5.61. The van der Waals surface area contributed by atoms with E-state index >= 15 is 0 Å². The fourth-order valence-corrected chi connectivity index (χ4v) is 2.54. The number of amides is 2. The highest BCUT2D eigenvalue weighted by Gasteiger charge is 2.28. The molecule has 1 aromatic carbocycles. The van der Waals surface area contributed by atoms with Crippen LogP contribution in [0.1, 0.15) is 18.4 Å². The number of hydrogen-bond donors (Lipinski definition) is 3. The summed E-state index contributed by atoms with van der Waals surface area (Å²) < 4.78 is 0. The molecule has 0 aliphatic carbocycles. The van der Waals surface area contributed by atoms with Crippen LogP contribution < -0.4 is 16.4 Å². The SMILES string of the molecule is NC(=S)C(Cc1ccccc1)C(=O)NC1CCCNC1=O. The van der Waals surface area contributed by atoms with Gasteiger partial charge in [0, 0.05) is 6.54 Å². The van der Waals surface area contributed by atoms with Crippen LogP contribution in [-0.2, 0) is 16.0 Å². The van der Waals surface area contributed by atoms with E-state index in [2.05, 4.69) is 10.6 Å². The predicted octanol–water partition coefficient (Wildman–Crippen LogP) is 0.526. The van der Waals surface area contributed by atoms with Gasteiger partial charge in [-0.3, -0.25) is 9.59 Å². The molecule has 112 valence electrons. The van der Waals surface area contributed by atoms with Crippen molar-refractivity contribution >= 4 is 29.0 Å². The molecule has 6 heteroatoms. The van der Waals surface area contributed by atoms with Crippen molar-refractivity contribution in [3.63, 3.8) is 0 Å². The highest BCUT2D eigenvalue weighted by Crippen LogP contribution is 2.11. The zero-order valence-corrected chi connectivity index (χ0v) is 12.5. The van der Waals surface area contributed by atoms with Crippen molar-refractivity contribution in [3.8, 4) is 0 Å². The highest BCUT2D eigenvalue weighted by molar-refractivity contribution is 7.80. The molecule has 0 aromatic heterocycles. The van der Waals surface area contributed by atoms with E-state index in [1.807, 2.05) is 30.3 Å². The third-order valence-corrected chi connectivity index (χ3v) is 3.83. The lowest BCUT2D eigenvalue weighted by molar-refractivity contribution is -0.131. The van der Waals surface area contributed by atoms with Crippen molar-refractivity contribution in [1.29, 1.82) is 0 Å². The second-order valence-electron chi connectivity index (χ2n) is 5.14. The zero-order chi connectivity index (χ0) is 15.2. The van der Waals surface area contributed by atoms with Crippen LogP contribution in [0.3, 0.4) is 0 Å². The third kappa shape index (κ3) is 4.26. The number of piperidine rings is 1. The van der Waals surface area contributed by atoms with Crippen molar-refractivity contribution in [2.24, 2.45) is 11.7 Å². The first-order valence-corrected chi connectivity index (χ1v) is 7.40. The molecule has 2 unspecified atom stereocenters. The molecule has 1 aromatic rings. The Kier molecular flexibility index (Phi) is 5.27. The summed E-state index contributed by atoms with van der Waals surface area (Å²) in [6, 6.07) is 9.07. The minimum absolute atomic E-state index is 0.143. The lowest BCUT2D eigenvalue weighted by atomic mass is 9.97. The summed E-state index contributed by atoms with van der Waals surface area (Å²) in [6.45, 7) is 0.661. The summed E-state index contributed by atoms with van der Waals surface area (Å²) >= 11 is 5.01. The maximum absolute atomic E-state index is 12.3. The molecule has 1 fully saturated rings. The molecule has 1 heterocycles. The van der Waals surface area contributed by atoms with Crippen LogP contribution in [0.2, 0.25) is 0 Å². The topological polar surface area (TPSA) is 84.2 Å². The molecule has 1 aliphatic heterocycles. The Morgan fingerprint density at radius 2 is 2.14 bits per heavy atom. The molecule has 2 amide bonds. The first-order valence-electron chi connectivity index (χ1n) is 6.99. The van der Waals surface area contributed by atoms with Crippen LogP contribution in [0.5, 0.6) is 0 Å². The molecule has 5 nitrogen and oxygen atoms in total. The lowest BCUT2D eigenvalue weighted by Gasteiger charge is -2.25. The molecular formula is C15H19N3O2S. The highest BCUT2D eigenvalue weighted by atomic mass is 32.1. The molecule has 2 atom stereocenters. The zero-order valence-electron chi connectivity index (χ0n) is 11.7. The Morgan fingerprint density at radius 1 is 1.43 bits per heavy atom. The predicted molar refractivity (Wildman–Crippen MR) is 84.6 cm³/mol. The van der Waals surface area contributed by atoms with E-state index in [0.29, 0.717) is 19.4 Å². The Labute approximate surface area is 129 Å². The van der Waals surface area contributed by atoms with E-state index in [0.717, 1.165) is 12.0 Å². The quantitative estimate of drug-likeness (QED) is 0.693. The van der Waals surface area contributed by atoms with Crippen molar-refractivity contribution < 1.29 is 9.59 Å². The molecule has 1 aliphatic rings. The van der Waals surface area contributed by atoms with Gasteiger partial charge in [0.05, 0.1) is 10.9 Å². The van der Waals surface area contributed by atoms with Gasteiger partial charge in [-0.1, -0.05) is 42.5 Å². The van der Waals surface area contributed by atoms with Crippen molar-refractivity contribution in [2.75, 3.05) is 6.54 Å². The first-order chi connectivity index (χ1) is 10.1. The van der Waals surface area contributed by atoms with E-state index < -0.39 is 12.0 Å². The van der Waals surface area contributed by atoms with Crippen LogP contribution in [0.4, 0.5) is 0 Å². The van der Waals surface area contributed by atoms with Gasteiger partial charge in [-0.2, -0.15) is 0 Å². The standard InChI is InChI=1S/C15H19N3O2S/c16-13(21)11(9-10-5-2-1-3-6-10)14(19)18-12-7-4-8-17-15(12)20/h1-3,5-6,11-12H,4,7-9H2,(H2,16,21)(H,17,20)(H,18,19). The molecular weight excluding hydrogens is 286 g/mol. The van der Waals surface area contributed by atoms with Gasteiger partial charge in [0.25, 0.3) is 0 Å². The number of nitrogens with two attached hydrogens (primary N) is 1. The molecule has 4 N–H and O–H groups in total. The van der Waals surface area contributed by atoms with E-state index in [1.54, 1.807) is 0 Å². The summed E-state index contributed by atoms with van der Waals surface area (Å²) in [5, 5.41) is 5.49. The van der Waals surface area contributed by atoms with E-state index in [1.165, 1.54) is 0 Å². The summed E-state index contributed by atoms with van der Waals surface area (Å²) in [6.07, 6.45) is 1.94. The van der Waals surface area contributed by atoms with Crippen LogP contribution >= 0.6 is 12.2 Å². The fourth-order valence-electron chi connectivity index (χ4n) is 2.35. The van der Waals surface area contributed by atoms with Crippen LogP contribution in [0, 0.1) is 5.92 Å². The largest absolute Gasteiger partial charge is 0.393 e. The van der Waals surface area contributed by atoms with Gasteiger partial charge in [-0.05, 0) is 24.8 Å². The van der Waals surface area contributed by atoms with Gasteiger partial charge in [-0.25, -0.2) is 0 Å². The van der Waals surface area contributed by atoms with Crippen molar-refractivity contribution in [3.05, 3.63) is 35.9 Å². The summed E-state index contributed by atoms with van der Waals surface area (Å²) in [5.74, 6) is -1.03. The Bertz CT molecular complexity index is 533. The third-order valence-electron chi connectivity index (χ3n) is 3.54. The molecule has 0 radical (unpaired) electrons. The normalized spacial score (nSPS) is 19.4. The number of thiocarbonyl (C=S) groups is 1.